The highest BCUT2D eigenvalue weighted by Crippen LogP contribution is 2.29. The van der Waals surface area contributed by atoms with Crippen LogP contribution in [-0.2, 0) is 0 Å². The van der Waals surface area contributed by atoms with Crippen LogP contribution in [0.3, 0.4) is 0 Å². The highest BCUT2D eigenvalue weighted by molar-refractivity contribution is 5.82. The molecule has 0 aliphatic rings. The van der Waals surface area contributed by atoms with Gasteiger partial charge in [0.1, 0.15) is 0 Å². The zero-order valence-electron chi connectivity index (χ0n) is 11.5. The molecule has 0 spiro atoms. The SMILES string of the molecule is CC.COc1cc2[nH]cc(C)c(=O)c2cc1OC. The molecule has 0 atom stereocenters. The third kappa shape index (κ3) is 2.47. The maximum Gasteiger partial charge on any atom is 0.192 e. The van der Waals surface area contributed by atoms with Gasteiger partial charge in [0.15, 0.2) is 16.9 Å². The highest BCUT2D eigenvalue weighted by Gasteiger charge is 2.09. The molecule has 0 fully saturated rings. The van der Waals surface area contributed by atoms with Crippen molar-refractivity contribution in [1.29, 1.82) is 0 Å². The van der Waals surface area contributed by atoms with E-state index in [1.165, 1.54) is 0 Å². The summed E-state index contributed by atoms with van der Waals surface area (Å²) in [6.45, 7) is 5.77. The minimum absolute atomic E-state index is 0.00898. The first-order valence-electron chi connectivity index (χ1n) is 5.91. The zero-order chi connectivity index (χ0) is 13.7. The predicted molar refractivity (Wildman–Crippen MR) is 73.8 cm³/mol. The fraction of sp³-hybridized carbons (Fsp3) is 0.357. The van der Waals surface area contributed by atoms with Gasteiger partial charge in [0.25, 0.3) is 0 Å². The van der Waals surface area contributed by atoms with Crippen LogP contribution in [0.1, 0.15) is 19.4 Å². The van der Waals surface area contributed by atoms with Crippen molar-refractivity contribution >= 4 is 10.9 Å². The second-order valence-corrected chi connectivity index (χ2v) is 3.55. The molecule has 0 unspecified atom stereocenters. The molecule has 2 aromatic rings. The van der Waals surface area contributed by atoms with Gasteiger partial charge in [-0.3, -0.25) is 4.79 Å². The largest absolute Gasteiger partial charge is 0.493 e. The number of hydrogen-bond donors (Lipinski definition) is 1. The molecule has 0 aliphatic heterocycles. The summed E-state index contributed by atoms with van der Waals surface area (Å²) in [5.74, 6) is 1.17. The lowest BCUT2D eigenvalue weighted by atomic mass is 10.1. The van der Waals surface area contributed by atoms with E-state index >= 15 is 0 Å². The number of ether oxygens (including phenoxy) is 2. The van der Waals surface area contributed by atoms with Crippen LogP contribution in [0.4, 0.5) is 0 Å². The van der Waals surface area contributed by atoms with Crippen LogP contribution >= 0.6 is 0 Å². The van der Waals surface area contributed by atoms with E-state index in [9.17, 15) is 4.79 Å². The third-order valence-electron chi connectivity index (χ3n) is 2.57. The number of methoxy groups -OCH3 is 2. The van der Waals surface area contributed by atoms with Crippen molar-refractivity contribution in [2.24, 2.45) is 0 Å². The molecule has 1 heterocycles. The lowest BCUT2D eigenvalue weighted by molar-refractivity contribution is 0.356. The Kier molecular flexibility index (Phi) is 4.77. The molecule has 0 saturated heterocycles. The normalized spacial score (nSPS) is 9.61. The molecule has 4 heteroatoms. The van der Waals surface area contributed by atoms with Gasteiger partial charge in [-0.1, -0.05) is 13.8 Å². The number of fused-ring (bicyclic) bond motifs is 1. The van der Waals surface area contributed by atoms with Crippen LogP contribution in [0.5, 0.6) is 11.5 Å². The van der Waals surface area contributed by atoms with Crippen LogP contribution in [-0.4, -0.2) is 19.2 Å². The van der Waals surface area contributed by atoms with Gasteiger partial charge in [0.2, 0.25) is 0 Å². The smallest absolute Gasteiger partial charge is 0.192 e. The summed E-state index contributed by atoms with van der Waals surface area (Å²) >= 11 is 0. The zero-order valence-corrected chi connectivity index (χ0v) is 11.5. The summed E-state index contributed by atoms with van der Waals surface area (Å²) in [4.78, 5) is 14.9. The fourth-order valence-corrected chi connectivity index (χ4v) is 1.65. The maximum absolute atomic E-state index is 11.9. The van der Waals surface area contributed by atoms with E-state index in [1.807, 2.05) is 13.8 Å². The summed E-state index contributed by atoms with van der Waals surface area (Å²) in [6.07, 6.45) is 1.69. The number of pyridine rings is 1. The van der Waals surface area contributed by atoms with Crippen LogP contribution in [0.25, 0.3) is 10.9 Å². The van der Waals surface area contributed by atoms with Crippen LogP contribution in [0.2, 0.25) is 0 Å². The number of hydrogen-bond acceptors (Lipinski definition) is 3. The molecule has 0 aliphatic carbocycles. The van der Waals surface area contributed by atoms with Gasteiger partial charge in [-0.25, -0.2) is 0 Å². The number of aromatic nitrogens is 1. The van der Waals surface area contributed by atoms with Gasteiger partial charge >= 0.3 is 0 Å². The van der Waals surface area contributed by atoms with Crippen LogP contribution in [0, 0.1) is 6.92 Å². The van der Waals surface area contributed by atoms with Gasteiger partial charge in [-0.05, 0) is 13.0 Å². The van der Waals surface area contributed by atoms with E-state index in [-0.39, 0.29) is 5.43 Å². The summed E-state index contributed by atoms with van der Waals surface area (Å²) in [6, 6.07) is 3.45. The lowest BCUT2D eigenvalue weighted by Crippen LogP contribution is -2.06. The quantitative estimate of drug-likeness (QED) is 0.890. The Morgan fingerprint density at radius 1 is 1.06 bits per heavy atom. The summed E-state index contributed by atoms with van der Waals surface area (Å²) in [5, 5.41) is 0.609. The Bertz CT molecular complexity index is 587. The number of nitrogens with one attached hydrogen (secondary N) is 1. The van der Waals surface area contributed by atoms with E-state index < -0.39 is 0 Å². The van der Waals surface area contributed by atoms with Crippen molar-refractivity contribution in [2.45, 2.75) is 20.8 Å². The van der Waals surface area contributed by atoms with Gasteiger partial charge in [-0.2, -0.15) is 0 Å². The van der Waals surface area contributed by atoms with E-state index in [0.717, 1.165) is 5.52 Å². The molecule has 0 radical (unpaired) electrons. The van der Waals surface area contributed by atoms with Gasteiger partial charge < -0.3 is 14.5 Å². The molecular formula is C14H19NO3. The molecule has 1 N–H and O–H groups in total. The summed E-state index contributed by atoms with van der Waals surface area (Å²) in [7, 11) is 3.11. The highest BCUT2D eigenvalue weighted by atomic mass is 16.5. The van der Waals surface area contributed by atoms with Crippen molar-refractivity contribution in [1.82, 2.24) is 4.98 Å². The van der Waals surface area contributed by atoms with Gasteiger partial charge in [0.05, 0.1) is 19.7 Å². The van der Waals surface area contributed by atoms with E-state index in [2.05, 4.69) is 4.98 Å². The second kappa shape index (κ2) is 6.10. The molecular weight excluding hydrogens is 230 g/mol. The first kappa shape index (κ1) is 14.1. The second-order valence-electron chi connectivity index (χ2n) is 3.55. The lowest BCUT2D eigenvalue weighted by Gasteiger charge is -2.08. The summed E-state index contributed by atoms with van der Waals surface area (Å²) in [5.41, 5.74) is 1.43. The first-order chi connectivity index (χ1) is 8.67. The standard InChI is InChI=1S/C12H13NO3.C2H6/c1-7-6-13-9-5-11(16-3)10(15-2)4-8(9)12(7)14;1-2/h4-6H,1-3H3,(H,13,14);1-2H3. The average Bonchev–Trinajstić information content (AvgIpc) is 2.44. The van der Waals surface area contributed by atoms with Crippen LogP contribution in [0.15, 0.2) is 23.1 Å². The molecule has 1 aromatic heterocycles. The minimum atomic E-state index is 0.00898. The van der Waals surface area contributed by atoms with E-state index in [0.29, 0.717) is 22.4 Å². The molecule has 98 valence electrons. The molecule has 0 saturated carbocycles. The molecule has 2 rings (SSSR count). The molecule has 0 amide bonds. The Morgan fingerprint density at radius 3 is 2.17 bits per heavy atom. The number of H-pyrrole nitrogens is 1. The fourth-order valence-electron chi connectivity index (χ4n) is 1.65. The van der Waals surface area contributed by atoms with E-state index in [1.54, 1.807) is 39.5 Å². The van der Waals surface area contributed by atoms with Gasteiger partial charge in [-0.15, -0.1) is 0 Å². The first-order valence-corrected chi connectivity index (χ1v) is 5.91. The van der Waals surface area contributed by atoms with Crippen molar-refractivity contribution in [3.8, 4) is 11.5 Å². The van der Waals surface area contributed by atoms with Crippen molar-refractivity contribution in [2.75, 3.05) is 14.2 Å². The Morgan fingerprint density at radius 2 is 1.61 bits per heavy atom. The predicted octanol–water partition coefficient (Wildman–Crippen LogP) is 2.88. The number of aryl methyl sites for hydroxylation is 1. The number of benzene rings is 1. The minimum Gasteiger partial charge on any atom is -0.493 e. The molecule has 18 heavy (non-hydrogen) atoms. The summed E-state index contributed by atoms with van der Waals surface area (Å²) < 4.78 is 10.3. The molecule has 4 nitrogen and oxygen atoms in total. The monoisotopic (exact) mass is 249 g/mol. The Labute approximate surface area is 107 Å². The average molecular weight is 249 g/mol. The van der Waals surface area contributed by atoms with Gasteiger partial charge in [0, 0.05) is 23.2 Å². The van der Waals surface area contributed by atoms with Crippen molar-refractivity contribution < 1.29 is 9.47 Å². The number of rotatable bonds is 2. The van der Waals surface area contributed by atoms with Crippen molar-refractivity contribution in [3.63, 3.8) is 0 Å². The molecule has 0 bridgehead atoms. The molecule has 1 aromatic carbocycles. The van der Waals surface area contributed by atoms with Crippen LogP contribution < -0.4 is 14.9 Å². The van der Waals surface area contributed by atoms with Crippen molar-refractivity contribution in [3.05, 3.63) is 34.1 Å². The third-order valence-corrected chi connectivity index (χ3v) is 2.57. The number of aromatic amines is 1. The van der Waals surface area contributed by atoms with E-state index in [4.69, 9.17) is 9.47 Å². The topological polar surface area (TPSA) is 51.3 Å². The Hall–Kier alpha value is -1.97. The Balaban J connectivity index is 0.000000771. The maximum atomic E-state index is 11.9.